The maximum atomic E-state index is 11.1. The summed E-state index contributed by atoms with van der Waals surface area (Å²) < 4.78 is 5.18. The summed E-state index contributed by atoms with van der Waals surface area (Å²) in [5.41, 5.74) is 4.58. The summed E-state index contributed by atoms with van der Waals surface area (Å²) in [5, 5.41) is 28.8. The molecule has 2 aromatic rings. The number of nitro groups is 1. The van der Waals surface area contributed by atoms with Crippen LogP contribution in [0, 0.1) is 21.4 Å². The Morgan fingerprint density at radius 1 is 1.50 bits per heavy atom. The van der Waals surface area contributed by atoms with Crippen LogP contribution in [0.25, 0.3) is 0 Å². The van der Waals surface area contributed by atoms with Crippen LogP contribution in [0.15, 0.2) is 24.4 Å². The number of nitriles is 1. The van der Waals surface area contributed by atoms with Gasteiger partial charge in [-0.15, -0.1) is 0 Å². The molecule has 0 saturated heterocycles. The molecule has 22 heavy (non-hydrogen) atoms. The van der Waals surface area contributed by atoms with E-state index in [1.807, 2.05) is 0 Å². The van der Waals surface area contributed by atoms with Gasteiger partial charge in [-0.05, 0) is 18.2 Å². The Hall–Kier alpha value is -3.74. The Labute approximate surface area is 122 Å². The highest BCUT2D eigenvalue weighted by atomic mass is 16.6. The van der Waals surface area contributed by atoms with Crippen LogP contribution >= 0.6 is 0 Å². The molecule has 0 saturated carbocycles. The molecule has 1 heterocycles. The first kappa shape index (κ1) is 14.7. The Morgan fingerprint density at radius 2 is 2.23 bits per heavy atom. The van der Waals surface area contributed by atoms with Gasteiger partial charge in [-0.3, -0.25) is 10.1 Å². The van der Waals surface area contributed by atoms with Crippen molar-refractivity contribution in [3.63, 3.8) is 0 Å². The molecule has 0 aliphatic heterocycles. The van der Waals surface area contributed by atoms with E-state index in [4.69, 9.17) is 20.8 Å². The van der Waals surface area contributed by atoms with Crippen LogP contribution in [0.2, 0.25) is 0 Å². The second kappa shape index (κ2) is 5.71. The van der Waals surface area contributed by atoms with Gasteiger partial charge in [0.25, 0.3) is 0 Å². The highest BCUT2D eigenvalue weighted by Crippen LogP contribution is 2.31. The van der Waals surface area contributed by atoms with Crippen molar-refractivity contribution in [1.29, 1.82) is 5.26 Å². The molecule has 2 rings (SSSR count). The SMILES string of the molecule is N#Cc1ccc(C(=O)O)c(Oc2nc(N)ncc2[N+](=O)[O-])c1. The number of rotatable bonds is 4. The fourth-order valence-electron chi connectivity index (χ4n) is 1.53. The van der Waals surface area contributed by atoms with Crippen LogP contribution in [0.3, 0.4) is 0 Å². The molecule has 10 nitrogen and oxygen atoms in total. The van der Waals surface area contributed by atoms with Crippen LogP contribution in [-0.4, -0.2) is 26.0 Å². The second-order valence-electron chi connectivity index (χ2n) is 3.91. The average molecular weight is 301 g/mol. The van der Waals surface area contributed by atoms with E-state index < -0.39 is 22.5 Å². The van der Waals surface area contributed by atoms with Gasteiger partial charge in [0.05, 0.1) is 16.6 Å². The van der Waals surface area contributed by atoms with Crippen molar-refractivity contribution in [2.75, 3.05) is 5.73 Å². The van der Waals surface area contributed by atoms with E-state index >= 15 is 0 Å². The van der Waals surface area contributed by atoms with Crippen molar-refractivity contribution in [3.8, 4) is 17.7 Å². The number of nitrogen functional groups attached to an aromatic ring is 1. The maximum absolute atomic E-state index is 11.1. The van der Waals surface area contributed by atoms with Crippen LogP contribution in [0.1, 0.15) is 15.9 Å². The van der Waals surface area contributed by atoms with E-state index in [1.54, 1.807) is 6.07 Å². The highest BCUT2D eigenvalue weighted by molar-refractivity contribution is 5.91. The quantitative estimate of drug-likeness (QED) is 0.625. The van der Waals surface area contributed by atoms with Gasteiger partial charge in [0.2, 0.25) is 5.95 Å². The number of benzene rings is 1. The number of nitrogens with zero attached hydrogens (tertiary/aromatic N) is 4. The number of nitrogens with two attached hydrogens (primary N) is 1. The molecular weight excluding hydrogens is 294 g/mol. The lowest BCUT2D eigenvalue weighted by atomic mass is 10.1. The number of ether oxygens (including phenoxy) is 1. The molecular formula is C12H7N5O5. The average Bonchev–Trinajstić information content (AvgIpc) is 2.46. The van der Waals surface area contributed by atoms with Crippen molar-refractivity contribution in [2.24, 2.45) is 0 Å². The fraction of sp³-hybridized carbons (Fsp3) is 0. The fourth-order valence-corrected chi connectivity index (χ4v) is 1.53. The molecule has 0 spiro atoms. The topological polar surface area (TPSA) is 165 Å². The van der Waals surface area contributed by atoms with Crippen molar-refractivity contribution in [2.45, 2.75) is 0 Å². The molecule has 0 radical (unpaired) electrons. The normalized spacial score (nSPS) is 9.77. The lowest BCUT2D eigenvalue weighted by Crippen LogP contribution is -2.04. The Kier molecular flexibility index (Phi) is 3.81. The molecule has 0 atom stereocenters. The molecule has 0 amide bonds. The van der Waals surface area contributed by atoms with E-state index in [-0.39, 0.29) is 22.8 Å². The Balaban J connectivity index is 2.55. The zero-order valence-electron chi connectivity index (χ0n) is 10.8. The number of aromatic carboxylic acids is 1. The van der Waals surface area contributed by atoms with E-state index in [0.29, 0.717) is 0 Å². The first-order valence-corrected chi connectivity index (χ1v) is 5.64. The van der Waals surface area contributed by atoms with Crippen molar-refractivity contribution in [1.82, 2.24) is 9.97 Å². The van der Waals surface area contributed by atoms with Crippen molar-refractivity contribution < 1.29 is 19.6 Å². The van der Waals surface area contributed by atoms with Gasteiger partial charge in [0.1, 0.15) is 17.5 Å². The number of anilines is 1. The number of aromatic nitrogens is 2. The first-order chi connectivity index (χ1) is 10.4. The van der Waals surface area contributed by atoms with E-state index in [1.165, 1.54) is 6.07 Å². The molecule has 0 aliphatic carbocycles. The van der Waals surface area contributed by atoms with E-state index in [9.17, 15) is 14.9 Å². The van der Waals surface area contributed by atoms with Gasteiger partial charge in [-0.25, -0.2) is 9.78 Å². The zero-order chi connectivity index (χ0) is 16.3. The molecule has 0 unspecified atom stereocenters. The predicted molar refractivity (Wildman–Crippen MR) is 71.3 cm³/mol. The molecule has 110 valence electrons. The molecule has 0 bridgehead atoms. The van der Waals surface area contributed by atoms with Gasteiger partial charge in [-0.1, -0.05) is 0 Å². The maximum Gasteiger partial charge on any atom is 0.349 e. The molecule has 3 N–H and O–H groups in total. The Morgan fingerprint density at radius 3 is 2.82 bits per heavy atom. The van der Waals surface area contributed by atoms with Crippen molar-refractivity contribution in [3.05, 3.63) is 45.6 Å². The number of carbonyl (C=O) groups is 1. The smallest absolute Gasteiger partial charge is 0.349 e. The molecule has 0 aliphatic rings. The summed E-state index contributed by atoms with van der Waals surface area (Å²) in [6.45, 7) is 0. The van der Waals surface area contributed by atoms with E-state index in [2.05, 4.69) is 9.97 Å². The van der Waals surface area contributed by atoms with Crippen LogP contribution < -0.4 is 10.5 Å². The van der Waals surface area contributed by atoms with Gasteiger partial charge in [0, 0.05) is 0 Å². The summed E-state index contributed by atoms with van der Waals surface area (Å²) >= 11 is 0. The molecule has 1 aromatic carbocycles. The third kappa shape index (κ3) is 2.88. The predicted octanol–water partition coefficient (Wildman–Crippen LogP) is 1.33. The van der Waals surface area contributed by atoms with Gasteiger partial charge in [-0.2, -0.15) is 10.2 Å². The van der Waals surface area contributed by atoms with Gasteiger partial charge >= 0.3 is 17.5 Å². The summed E-state index contributed by atoms with van der Waals surface area (Å²) in [5.74, 6) is -2.40. The van der Waals surface area contributed by atoms with Crippen molar-refractivity contribution >= 4 is 17.6 Å². The monoisotopic (exact) mass is 301 g/mol. The van der Waals surface area contributed by atoms with Crippen LogP contribution in [0.4, 0.5) is 11.6 Å². The lowest BCUT2D eigenvalue weighted by Gasteiger charge is -2.08. The second-order valence-corrected chi connectivity index (χ2v) is 3.91. The van der Waals surface area contributed by atoms with Crippen LogP contribution in [-0.2, 0) is 0 Å². The largest absolute Gasteiger partial charge is 0.478 e. The number of carboxylic acid groups (broad SMARTS) is 1. The van der Waals surface area contributed by atoms with Gasteiger partial charge in [0.15, 0.2) is 0 Å². The highest BCUT2D eigenvalue weighted by Gasteiger charge is 2.22. The Bertz CT molecular complexity index is 814. The van der Waals surface area contributed by atoms with Crippen LogP contribution in [0.5, 0.6) is 11.6 Å². The summed E-state index contributed by atoms with van der Waals surface area (Å²) in [6, 6.07) is 5.36. The molecule has 0 fully saturated rings. The first-order valence-electron chi connectivity index (χ1n) is 5.64. The summed E-state index contributed by atoms with van der Waals surface area (Å²) in [4.78, 5) is 28.3. The minimum atomic E-state index is -1.33. The third-order valence-corrected chi connectivity index (χ3v) is 2.50. The zero-order valence-corrected chi connectivity index (χ0v) is 10.8. The summed E-state index contributed by atoms with van der Waals surface area (Å²) in [6.07, 6.45) is 0.840. The standard InChI is InChI=1S/C12H7N5O5/c13-4-6-1-2-7(11(18)19)9(3-6)22-10-8(17(20)21)5-15-12(14)16-10/h1-3,5H,(H,18,19)(H2,14,15,16). The molecule has 10 heteroatoms. The lowest BCUT2D eigenvalue weighted by molar-refractivity contribution is -0.386. The third-order valence-electron chi connectivity index (χ3n) is 2.50. The minimum absolute atomic E-state index is 0.115. The molecule has 1 aromatic heterocycles. The minimum Gasteiger partial charge on any atom is -0.478 e. The number of hydrogen-bond donors (Lipinski definition) is 2. The van der Waals surface area contributed by atoms with Gasteiger partial charge < -0.3 is 15.6 Å². The number of carboxylic acids is 1. The number of hydrogen-bond acceptors (Lipinski definition) is 8. The summed E-state index contributed by atoms with van der Waals surface area (Å²) in [7, 11) is 0. The van der Waals surface area contributed by atoms with E-state index in [0.717, 1.165) is 18.3 Å².